The number of benzene rings is 1. The zero-order valence-corrected chi connectivity index (χ0v) is 10.6. The van der Waals surface area contributed by atoms with Gasteiger partial charge in [-0.2, -0.15) is 0 Å². The molecule has 0 aromatic heterocycles. The van der Waals surface area contributed by atoms with E-state index in [-0.39, 0.29) is 23.4 Å². The Balaban J connectivity index is 2.26. The molecule has 0 heterocycles. The van der Waals surface area contributed by atoms with Crippen LogP contribution in [0.25, 0.3) is 0 Å². The maximum absolute atomic E-state index is 12.2. The zero-order chi connectivity index (χ0) is 13.1. The maximum Gasteiger partial charge on any atom is 0.228 e. The minimum absolute atomic E-state index is 0.0525. The molecule has 1 aliphatic rings. The van der Waals surface area contributed by atoms with E-state index < -0.39 is 0 Å². The summed E-state index contributed by atoms with van der Waals surface area (Å²) in [5.41, 5.74) is 0.890. The highest BCUT2D eigenvalue weighted by molar-refractivity contribution is 6.23. The average Bonchev–Trinajstić information content (AvgIpc) is 2.36. The van der Waals surface area contributed by atoms with E-state index in [4.69, 9.17) is 4.74 Å². The lowest BCUT2D eigenvalue weighted by Crippen LogP contribution is -2.21. The molecule has 94 valence electrons. The lowest BCUT2D eigenvalue weighted by Gasteiger charge is -2.19. The van der Waals surface area contributed by atoms with Crippen molar-refractivity contribution in [3.8, 4) is 0 Å². The van der Waals surface area contributed by atoms with Crippen molar-refractivity contribution >= 4 is 11.6 Å². The molecular formula is C15H16O3. The SMILES string of the molecule is CCCC(C)OC1=CC(=O)c2ccccc2C1=O. The van der Waals surface area contributed by atoms with Gasteiger partial charge in [-0.3, -0.25) is 9.59 Å². The van der Waals surface area contributed by atoms with Gasteiger partial charge in [-0.1, -0.05) is 37.6 Å². The topological polar surface area (TPSA) is 43.4 Å². The van der Waals surface area contributed by atoms with Crippen molar-refractivity contribution in [2.24, 2.45) is 0 Å². The Morgan fingerprint density at radius 1 is 1.17 bits per heavy atom. The molecule has 1 aromatic carbocycles. The first kappa shape index (κ1) is 12.6. The second kappa shape index (κ2) is 5.17. The van der Waals surface area contributed by atoms with E-state index in [9.17, 15) is 9.59 Å². The Morgan fingerprint density at radius 3 is 2.50 bits per heavy atom. The Labute approximate surface area is 106 Å². The van der Waals surface area contributed by atoms with Crippen LogP contribution in [0.2, 0.25) is 0 Å². The van der Waals surface area contributed by atoms with Crippen molar-refractivity contribution in [2.75, 3.05) is 0 Å². The van der Waals surface area contributed by atoms with Crippen LogP contribution in [0.15, 0.2) is 36.1 Å². The molecular weight excluding hydrogens is 228 g/mol. The number of hydrogen-bond donors (Lipinski definition) is 0. The fraction of sp³-hybridized carbons (Fsp3) is 0.333. The predicted molar refractivity (Wildman–Crippen MR) is 68.6 cm³/mol. The Morgan fingerprint density at radius 2 is 1.83 bits per heavy atom. The van der Waals surface area contributed by atoms with Crippen LogP contribution in [0, 0.1) is 0 Å². The maximum atomic E-state index is 12.2. The first-order chi connectivity index (χ1) is 8.63. The van der Waals surface area contributed by atoms with Gasteiger partial charge in [-0.05, 0) is 13.3 Å². The second-order valence-corrected chi connectivity index (χ2v) is 4.46. The van der Waals surface area contributed by atoms with Gasteiger partial charge in [0.25, 0.3) is 0 Å². The van der Waals surface area contributed by atoms with Crippen molar-refractivity contribution in [3.63, 3.8) is 0 Å². The molecule has 2 rings (SSSR count). The predicted octanol–water partition coefficient (Wildman–Crippen LogP) is 3.15. The zero-order valence-electron chi connectivity index (χ0n) is 10.6. The highest BCUT2D eigenvalue weighted by atomic mass is 16.5. The van der Waals surface area contributed by atoms with E-state index in [2.05, 4.69) is 6.92 Å². The Kier molecular flexibility index (Phi) is 3.60. The van der Waals surface area contributed by atoms with E-state index in [1.807, 2.05) is 6.92 Å². The first-order valence-electron chi connectivity index (χ1n) is 6.20. The monoisotopic (exact) mass is 244 g/mol. The van der Waals surface area contributed by atoms with Gasteiger partial charge in [0, 0.05) is 17.2 Å². The number of ketones is 2. The average molecular weight is 244 g/mol. The van der Waals surface area contributed by atoms with Crippen molar-refractivity contribution in [1.82, 2.24) is 0 Å². The largest absolute Gasteiger partial charge is 0.486 e. The molecule has 0 aliphatic heterocycles. The molecule has 0 amide bonds. The molecule has 18 heavy (non-hydrogen) atoms. The summed E-state index contributed by atoms with van der Waals surface area (Å²) in [6, 6.07) is 6.83. The summed E-state index contributed by atoms with van der Waals surface area (Å²) in [5, 5.41) is 0. The smallest absolute Gasteiger partial charge is 0.228 e. The van der Waals surface area contributed by atoms with E-state index in [1.165, 1.54) is 6.08 Å². The third-order valence-corrected chi connectivity index (χ3v) is 2.95. The number of hydrogen-bond acceptors (Lipinski definition) is 3. The van der Waals surface area contributed by atoms with Crippen molar-refractivity contribution in [1.29, 1.82) is 0 Å². The van der Waals surface area contributed by atoms with Gasteiger partial charge in [-0.15, -0.1) is 0 Å². The van der Waals surface area contributed by atoms with Crippen molar-refractivity contribution in [2.45, 2.75) is 32.8 Å². The molecule has 3 heteroatoms. The number of carbonyl (C=O) groups excluding carboxylic acids is 2. The summed E-state index contributed by atoms with van der Waals surface area (Å²) in [6.07, 6.45) is 3.09. The second-order valence-electron chi connectivity index (χ2n) is 4.46. The third-order valence-electron chi connectivity index (χ3n) is 2.95. The number of allylic oxidation sites excluding steroid dienone is 2. The van der Waals surface area contributed by atoms with Gasteiger partial charge in [0.1, 0.15) is 0 Å². The lowest BCUT2D eigenvalue weighted by atomic mass is 9.93. The molecule has 0 spiro atoms. The van der Waals surface area contributed by atoms with E-state index in [0.717, 1.165) is 12.8 Å². The van der Waals surface area contributed by atoms with E-state index >= 15 is 0 Å². The van der Waals surface area contributed by atoms with Crippen molar-refractivity contribution < 1.29 is 14.3 Å². The number of Topliss-reactive ketones (excluding diaryl/α,β-unsaturated/α-hetero) is 1. The molecule has 1 unspecified atom stereocenters. The van der Waals surface area contributed by atoms with Gasteiger partial charge in [-0.25, -0.2) is 0 Å². The minimum atomic E-state index is -0.201. The molecule has 1 aliphatic carbocycles. The molecule has 1 atom stereocenters. The highest BCUT2D eigenvalue weighted by Gasteiger charge is 2.27. The molecule has 0 fully saturated rings. The van der Waals surface area contributed by atoms with Gasteiger partial charge in [0.2, 0.25) is 5.78 Å². The summed E-state index contributed by atoms with van der Waals surface area (Å²) < 4.78 is 5.56. The number of ether oxygens (including phenoxy) is 1. The number of fused-ring (bicyclic) bond motifs is 1. The number of carbonyl (C=O) groups is 2. The fourth-order valence-electron chi connectivity index (χ4n) is 2.06. The van der Waals surface area contributed by atoms with Crippen LogP contribution in [0.3, 0.4) is 0 Å². The van der Waals surface area contributed by atoms with Crippen LogP contribution >= 0.6 is 0 Å². The minimum Gasteiger partial charge on any atom is -0.486 e. The standard InChI is InChI=1S/C15H16O3/c1-3-6-10(2)18-14-9-13(16)11-7-4-5-8-12(11)15(14)17/h4-5,7-10H,3,6H2,1-2H3. The molecule has 1 aromatic rings. The molecule has 0 bridgehead atoms. The summed E-state index contributed by atoms with van der Waals surface area (Å²) in [4.78, 5) is 24.0. The molecule has 0 saturated heterocycles. The van der Waals surface area contributed by atoms with Crippen LogP contribution in [0.4, 0.5) is 0 Å². The first-order valence-corrected chi connectivity index (χ1v) is 6.20. The lowest BCUT2D eigenvalue weighted by molar-refractivity contribution is 0.0762. The summed E-state index contributed by atoms with van der Waals surface area (Å²) in [5.74, 6) is -0.197. The van der Waals surface area contributed by atoms with Gasteiger partial charge >= 0.3 is 0 Å². The molecule has 0 radical (unpaired) electrons. The normalized spacial score (nSPS) is 16.0. The van der Waals surface area contributed by atoms with Gasteiger partial charge < -0.3 is 4.74 Å². The Bertz CT molecular complexity index is 514. The number of rotatable bonds is 4. The third kappa shape index (κ3) is 2.35. The van der Waals surface area contributed by atoms with Gasteiger partial charge in [0.15, 0.2) is 11.5 Å². The van der Waals surface area contributed by atoms with E-state index in [1.54, 1.807) is 24.3 Å². The molecule has 3 nitrogen and oxygen atoms in total. The van der Waals surface area contributed by atoms with Crippen LogP contribution < -0.4 is 0 Å². The highest BCUT2D eigenvalue weighted by Crippen LogP contribution is 2.23. The fourth-order valence-corrected chi connectivity index (χ4v) is 2.06. The van der Waals surface area contributed by atoms with Gasteiger partial charge in [0.05, 0.1) is 6.10 Å². The molecule has 0 N–H and O–H groups in total. The summed E-state index contributed by atoms with van der Waals surface area (Å²) >= 11 is 0. The van der Waals surface area contributed by atoms with Crippen LogP contribution in [-0.2, 0) is 4.74 Å². The quantitative estimate of drug-likeness (QED) is 0.817. The summed E-state index contributed by atoms with van der Waals surface area (Å²) in [7, 11) is 0. The Hall–Kier alpha value is -1.90. The molecule has 0 saturated carbocycles. The van der Waals surface area contributed by atoms with Crippen LogP contribution in [0.1, 0.15) is 47.4 Å². The van der Waals surface area contributed by atoms with Crippen LogP contribution in [-0.4, -0.2) is 17.7 Å². The van der Waals surface area contributed by atoms with E-state index in [0.29, 0.717) is 11.1 Å². The summed E-state index contributed by atoms with van der Waals surface area (Å²) in [6.45, 7) is 3.96. The van der Waals surface area contributed by atoms with Crippen LogP contribution in [0.5, 0.6) is 0 Å². The van der Waals surface area contributed by atoms with Crippen molar-refractivity contribution in [3.05, 3.63) is 47.2 Å².